The summed E-state index contributed by atoms with van der Waals surface area (Å²) < 4.78 is 41.2. The molecule has 1 aromatic rings. The molecule has 0 fully saturated rings. The minimum Gasteiger partial charge on any atom is -0.493 e. The molecule has 0 amide bonds. The third-order valence-corrected chi connectivity index (χ3v) is 4.52. The van der Waals surface area contributed by atoms with E-state index >= 15 is 0 Å². The summed E-state index contributed by atoms with van der Waals surface area (Å²) in [6.45, 7) is 2.32. The maximum absolute atomic E-state index is 13.1. The highest BCUT2D eigenvalue weighted by Crippen LogP contribution is 2.20. The molecule has 0 atom stereocenters. The Hall–Kier alpha value is -1.14. The quantitative estimate of drug-likeness (QED) is 0.737. The topological polar surface area (TPSA) is 69.4 Å². The van der Waals surface area contributed by atoms with Gasteiger partial charge in [-0.2, -0.15) is 0 Å². The Morgan fingerprint density at radius 1 is 1.37 bits per heavy atom. The zero-order chi connectivity index (χ0) is 14.3. The van der Waals surface area contributed by atoms with Crippen LogP contribution in [0.25, 0.3) is 0 Å². The van der Waals surface area contributed by atoms with Crippen molar-refractivity contribution in [1.29, 1.82) is 0 Å². The monoisotopic (exact) mass is 289 g/mol. The molecule has 2 N–H and O–H groups in total. The zero-order valence-electron chi connectivity index (χ0n) is 11.1. The van der Waals surface area contributed by atoms with Crippen LogP contribution in [0.15, 0.2) is 18.2 Å². The van der Waals surface area contributed by atoms with Crippen LogP contribution in [-0.2, 0) is 16.3 Å². The van der Waals surface area contributed by atoms with Crippen LogP contribution < -0.4 is 10.5 Å². The minimum absolute atomic E-state index is 0.108. The van der Waals surface area contributed by atoms with E-state index in [2.05, 4.69) is 0 Å². The molecular weight excluding hydrogens is 269 g/mol. The van der Waals surface area contributed by atoms with E-state index in [1.807, 2.05) is 0 Å². The van der Waals surface area contributed by atoms with E-state index in [1.165, 1.54) is 12.1 Å². The fraction of sp³-hybridized carbons (Fsp3) is 0.538. The number of nitrogens with two attached hydrogens (primary N) is 1. The van der Waals surface area contributed by atoms with E-state index in [-0.39, 0.29) is 17.3 Å². The Morgan fingerprint density at radius 3 is 2.74 bits per heavy atom. The molecule has 0 unspecified atom stereocenters. The first-order chi connectivity index (χ1) is 8.98. The molecule has 0 aliphatic carbocycles. The van der Waals surface area contributed by atoms with Crippen LogP contribution in [0.4, 0.5) is 4.39 Å². The molecular formula is C13H20FNO3S. The van der Waals surface area contributed by atoms with Crippen molar-refractivity contribution in [2.24, 2.45) is 5.73 Å². The average Bonchev–Trinajstić information content (AvgIpc) is 2.37. The molecule has 0 saturated heterocycles. The lowest BCUT2D eigenvalue weighted by atomic mass is 10.1. The molecule has 6 heteroatoms. The van der Waals surface area contributed by atoms with Gasteiger partial charge in [0.1, 0.15) is 21.4 Å². The maximum Gasteiger partial charge on any atom is 0.150 e. The average molecular weight is 289 g/mol. The first kappa shape index (κ1) is 15.9. The van der Waals surface area contributed by atoms with Gasteiger partial charge in [-0.3, -0.25) is 0 Å². The van der Waals surface area contributed by atoms with E-state index in [1.54, 1.807) is 13.0 Å². The lowest BCUT2D eigenvalue weighted by Crippen LogP contribution is -2.12. The van der Waals surface area contributed by atoms with E-state index in [9.17, 15) is 12.8 Å². The first-order valence-electron chi connectivity index (χ1n) is 6.30. The highest BCUT2D eigenvalue weighted by atomic mass is 32.2. The van der Waals surface area contributed by atoms with Gasteiger partial charge in [0.05, 0.1) is 12.4 Å². The highest BCUT2D eigenvalue weighted by molar-refractivity contribution is 7.91. The molecule has 0 saturated carbocycles. The standard InChI is InChI=1S/C13H20FNO3S/c1-2-19(16,17)9-3-8-18-13-5-4-12(14)10-11(13)6-7-15/h4-5,10H,2-3,6-9,15H2,1H3. The second-order valence-electron chi connectivity index (χ2n) is 4.23. The van der Waals surface area contributed by atoms with Gasteiger partial charge in [-0.1, -0.05) is 6.92 Å². The van der Waals surface area contributed by atoms with Crippen LogP contribution in [0.2, 0.25) is 0 Å². The molecule has 0 spiro atoms. The number of hydrogen-bond donors (Lipinski definition) is 1. The van der Waals surface area contributed by atoms with Crippen LogP contribution in [0.5, 0.6) is 5.75 Å². The summed E-state index contributed by atoms with van der Waals surface area (Å²) in [6.07, 6.45) is 0.954. The molecule has 0 aliphatic heterocycles. The Kier molecular flexibility index (Phi) is 6.24. The third kappa shape index (κ3) is 5.57. The van der Waals surface area contributed by atoms with Crippen molar-refractivity contribution in [3.05, 3.63) is 29.6 Å². The SMILES string of the molecule is CCS(=O)(=O)CCCOc1ccc(F)cc1CCN. The minimum atomic E-state index is -2.96. The van der Waals surface area contributed by atoms with Crippen molar-refractivity contribution in [3.63, 3.8) is 0 Å². The molecule has 0 heterocycles. The van der Waals surface area contributed by atoms with Crippen molar-refractivity contribution < 1.29 is 17.5 Å². The van der Waals surface area contributed by atoms with Crippen LogP contribution in [0, 0.1) is 5.82 Å². The molecule has 0 aromatic heterocycles. The van der Waals surface area contributed by atoms with Crippen molar-refractivity contribution in [2.75, 3.05) is 24.7 Å². The summed E-state index contributed by atoms with van der Waals surface area (Å²) in [7, 11) is -2.96. The second kappa shape index (κ2) is 7.45. The summed E-state index contributed by atoms with van der Waals surface area (Å²) in [5.41, 5.74) is 6.16. The summed E-state index contributed by atoms with van der Waals surface area (Å²) in [5.74, 6) is 0.490. The first-order valence-corrected chi connectivity index (χ1v) is 8.12. The molecule has 19 heavy (non-hydrogen) atoms. The van der Waals surface area contributed by atoms with E-state index < -0.39 is 9.84 Å². The number of benzene rings is 1. The Morgan fingerprint density at radius 2 is 2.11 bits per heavy atom. The molecule has 1 aromatic carbocycles. The fourth-order valence-corrected chi connectivity index (χ4v) is 2.49. The number of rotatable bonds is 8. The highest BCUT2D eigenvalue weighted by Gasteiger charge is 2.08. The summed E-state index contributed by atoms with van der Waals surface area (Å²) >= 11 is 0. The maximum atomic E-state index is 13.1. The van der Waals surface area contributed by atoms with Gasteiger partial charge in [0.25, 0.3) is 0 Å². The Bertz CT molecular complexity index is 503. The normalized spacial score (nSPS) is 11.5. The predicted octanol–water partition coefficient (Wildman–Crippen LogP) is 1.53. The smallest absolute Gasteiger partial charge is 0.150 e. The van der Waals surface area contributed by atoms with Gasteiger partial charge < -0.3 is 10.5 Å². The van der Waals surface area contributed by atoms with Crippen LogP contribution >= 0.6 is 0 Å². The predicted molar refractivity (Wildman–Crippen MR) is 73.6 cm³/mol. The number of ether oxygens (including phenoxy) is 1. The van der Waals surface area contributed by atoms with E-state index in [0.29, 0.717) is 37.3 Å². The molecule has 4 nitrogen and oxygen atoms in total. The third-order valence-electron chi connectivity index (χ3n) is 2.73. The zero-order valence-corrected chi connectivity index (χ0v) is 11.9. The van der Waals surface area contributed by atoms with Gasteiger partial charge in [0.15, 0.2) is 0 Å². The van der Waals surface area contributed by atoms with Gasteiger partial charge in [0.2, 0.25) is 0 Å². The lowest BCUT2D eigenvalue weighted by molar-refractivity contribution is 0.314. The Labute approximate surface area is 113 Å². The summed E-state index contributed by atoms with van der Waals surface area (Å²) in [4.78, 5) is 0. The van der Waals surface area contributed by atoms with Gasteiger partial charge in [-0.05, 0) is 43.1 Å². The number of hydrogen-bond acceptors (Lipinski definition) is 4. The largest absolute Gasteiger partial charge is 0.493 e. The van der Waals surface area contributed by atoms with E-state index in [4.69, 9.17) is 10.5 Å². The molecule has 0 aliphatic rings. The molecule has 0 bridgehead atoms. The summed E-state index contributed by atoms with van der Waals surface area (Å²) in [6, 6.07) is 4.26. The van der Waals surface area contributed by atoms with Crippen molar-refractivity contribution in [3.8, 4) is 5.75 Å². The van der Waals surface area contributed by atoms with Crippen molar-refractivity contribution >= 4 is 9.84 Å². The second-order valence-corrected chi connectivity index (χ2v) is 6.70. The van der Waals surface area contributed by atoms with Crippen LogP contribution in [-0.4, -0.2) is 33.1 Å². The molecule has 1 rings (SSSR count). The van der Waals surface area contributed by atoms with E-state index in [0.717, 1.165) is 0 Å². The van der Waals surface area contributed by atoms with Gasteiger partial charge in [-0.25, -0.2) is 12.8 Å². The fourth-order valence-electron chi connectivity index (χ4n) is 1.65. The number of sulfone groups is 1. The lowest BCUT2D eigenvalue weighted by Gasteiger charge is -2.11. The van der Waals surface area contributed by atoms with Crippen molar-refractivity contribution in [2.45, 2.75) is 19.8 Å². The van der Waals surface area contributed by atoms with Gasteiger partial charge in [0, 0.05) is 5.75 Å². The number of halogens is 1. The summed E-state index contributed by atoms with van der Waals surface area (Å²) in [5, 5.41) is 0. The Balaban J connectivity index is 2.53. The van der Waals surface area contributed by atoms with Gasteiger partial charge >= 0.3 is 0 Å². The van der Waals surface area contributed by atoms with Crippen LogP contribution in [0.3, 0.4) is 0 Å². The van der Waals surface area contributed by atoms with Crippen LogP contribution in [0.1, 0.15) is 18.9 Å². The molecule has 0 radical (unpaired) electrons. The van der Waals surface area contributed by atoms with Gasteiger partial charge in [-0.15, -0.1) is 0 Å². The van der Waals surface area contributed by atoms with Crippen molar-refractivity contribution in [1.82, 2.24) is 0 Å². The molecule has 108 valence electrons.